The summed E-state index contributed by atoms with van der Waals surface area (Å²) in [7, 11) is 1.57. The number of aliphatic hydroxyl groups is 1. The maximum absolute atomic E-state index is 12.4. The van der Waals surface area contributed by atoms with E-state index in [1.807, 2.05) is 23.0 Å². The van der Waals surface area contributed by atoms with Crippen molar-refractivity contribution < 1.29 is 14.6 Å². The Hall–Kier alpha value is -2.41. The van der Waals surface area contributed by atoms with E-state index in [0.29, 0.717) is 25.1 Å². The molecular formula is C18H24N4O3. The quantitative estimate of drug-likeness (QED) is 0.761. The molecule has 1 aliphatic rings. The van der Waals surface area contributed by atoms with Gasteiger partial charge in [0.15, 0.2) is 0 Å². The van der Waals surface area contributed by atoms with Crippen LogP contribution in [0.3, 0.4) is 0 Å². The van der Waals surface area contributed by atoms with Gasteiger partial charge in [-0.3, -0.25) is 9.48 Å². The third-order valence-electron chi connectivity index (χ3n) is 4.62. The second kappa shape index (κ2) is 8.11. The third kappa shape index (κ3) is 4.57. The Bertz CT molecular complexity index is 666. The summed E-state index contributed by atoms with van der Waals surface area (Å²) in [5.41, 5.74) is 0.943. The van der Waals surface area contributed by atoms with Crippen LogP contribution in [0.25, 0.3) is 0 Å². The number of carbonyl (C=O) groups excluding carboxylic acids is 1. The summed E-state index contributed by atoms with van der Waals surface area (Å²) in [5, 5.41) is 16.9. The van der Waals surface area contributed by atoms with Crippen LogP contribution in [-0.4, -0.2) is 39.0 Å². The Morgan fingerprint density at radius 1 is 1.48 bits per heavy atom. The number of carbonyl (C=O) groups is 1. The first-order chi connectivity index (χ1) is 12.2. The lowest BCUT2D eigenvalue weighted by Crippen LogP contribution is -2.41. The smallest absolute Gasteiger partial charge is 0.220 e. The molecule has 7 heteroatoms. The summed E-state index contributed by atoms with van der Waals surface area (Å²) in [6.45, 7) is 0.720. The number of aliphatic hydroxyl groups excluding tert-OH is 1. The number of nitrogens with zero attached hydrogens (tertiary/aromatic N) is 3. The van der Waals surface area contributed by atoms with Gasteiger partial charge < -0.3 is 15.2 Å². The van der Waals surface area contributed by atoms with Crippen molar-refractivity contribution >= 4 is 5.91 Å². The average Bonchev–Trinajstić information content (AvgIpc) is 3.11. The highest BCUT2D eigenvalue weighted by molar-refractivity contribution is 5.76. The van der Waals surface area contributed by atoms with Crippen LogP contribution < -0.4 is 10.1 Å². The van der Waals surface area contributed by atoms with Crippen molar-refractivity contribution in [3.8, 4) is 5.88 Å². The fourth-order valence-electron chi connectivity index (χ4n) is 3.15. The minimum atomic E-state index is -0.268. The van der Waals surface area contributed by atoms with Crippen LogP contribution in [-0.2, 0) is 11.3 Å². The van der Waals surface area contributed by atoms with Crippen molar-refractivity contribution in [3.63, 3.8) is 0 Å². The number of nitrogens with one attached hydrogen (secondary N) is 1. The second-order valence-electron chi connectivity index (χ2n) is 6.44. The molecule has 1 saturated carbocycles. The fraction of sp³-hybridized carbons (Fsp3) is 0.500. The van der Waals surface area contributed by atoms with Crippen LogP contribution in [0.1, 0.15) is 37.3 Å². The number of hydrogen-bond acceptors (Lipinski definition) is 5. The Balaban J connectivity index is 1.57. The molecule has 2 aromatic rings. The lowest BCUT2D eigenvalue weighted by atomic mass is 9.75. The first kappa shape index (κ1) is 17.4. The third-order valence-corrected chi connectivity index (χ3v) is 4.62. The molecule has 1 aliphatic carbocycles. The summed E-state index contributed by atoms with van der Waals surface area (Å²) in [6, 6.07) is 5.46. The molecule has 0 bridgehead atoms. The molecule has 0 saturated heterocycles. The molecule has 0 radical (unpaired) electrons. The fourth-order valence-corrected chi connectivity index (χ4v) is 3.15. The predicted octanol–water partition coefficient (Wildman–Crippen LogP) is 1.70. The highest BCUT2D eigenvalue weighted by Crippen LogP contribution is 2.38. The van der Waals surface area contributed by atoms with Gasteiger partial charge in [-0.05, 0) is 36.8 Å². The van der Waals surface area contributed by atoms with Gasteiger partial charge in [0, 0.05) is 37.6 Å². The molecule has 0 aliphatic heterocycles. The number of rotatable bonds is 8. The summed E-state index contributed by atoms with van der Waals surface area (Å²) in [4.78, 5) is 16.6. The van der Waals surface area contributed by atoms with E-state index in [9.17, 15) is 9.90 Å². The van der Waals surface area contributed by atoms with Gasteiger partial charge in [0.25, 0.3) is 0 Å². The maximum Gasteiger partial charge on any atom is 0.220 e. The summed E-state index contributed by atoms with van der Waals surface area (Å²) in [6.07, 6.45) is 7.65. The number of hydrogen-bond donors (Lipinski definition) is 2. The molecule has 25 heavy (non-hydrogen) atoms. The van der Waals surface area contributed by atoms with Gasteiger partial charge in [-0.1, -0.05) is 6.07 Å². The van der Waals surface area contributed by atoms with E-state index in [0.717, 1.165) is 18.5 Å². The van der Waals surface area contributed by atoms with Gasteiger partial charge in [0.05, 0.1) is 19.3 Å². The van der Waals surface area contributed by atoms with E-state index in [4.69, 9.17) is 4.74 Å². The van der Waals surface area contributed by atoms with Crippen LogP contribution in [0, 0.1) is 5.92 Å². The average molecular weight is 344 g/mol. The number of amides is 1. The van der Waals surface area contributed by atoms with Crippen LogP contribution in [0.4, 0.5) is 0 Å². The van der Waals surface area contributed by atoms with Crippen LogP contribution in [0.15, 0.2) is 36.8 Å². The number of aromatic nitrogens is 3. The monoisotopic (exact) mass is 344 g/mol. The standard InChI is InChI=1S/C18H24N4O3/c1-25-17-6-5-13(12-19-17)18(14-10-15(23)11-14)21-16(24)4-2-8-22-9-3-7-20-22/h3,5-7,9,12,14-15,18,23H,2,4,8,10-11H2,1H3,(H,21,24)/t14?,15?,18-/m0/s1. The molecule has 3 rings (SSSR count). The highest BCUT2D eigenvalue weighted by Gasteiger charge is 2.35. The number of methoxy groups -OCH3 is 1. The van der Waals surface area contributed by atoms with Crippen molar-refractivity contribution in [2.24, 2.45) is 5.92 Å². The van der Waals surface area contributed by atoms with Crippen LogP contribution in [0.5, 0.6) is 5.88 Å². The van der Waals surface area contributed by atoms with E-state index < -0.39 is 0 Å². The molecule has 0 aromatic carbocycles. The van der Waals surface area contributed by atoms with Crippen LogP contribution >= 0.6 is 0 Å². The van der Waals surface area contributed by atoms with Gasteiger partial charge >= 0.3 is 0 Å². The molecule has 1 atom stereocenters. The van der Waals surface area contributed by atoms with E-state index in [1.165, 1.54) is 0 Å². The number of pyridine rings is 1. The van der Waals surface area contributed by atoms with Crippen molar-refractivity contribution in [2.45, 2.75) is 44.4 Å². The zero-order chi connectivity index (χ0) is 17.6. The molecule has 134 valence electrons. The summed E-state index contributed by atoms with van der Waals surface area (Å²) in [5.74, 6) is 0.788. The predicted molar refractivity (Wildman–Crippen MR) is 91.9 cm³/mol. The van der Waals surface area contributed by atoms with Gasteiger partial charge in [-0.2, -0.15) is 5.10 Å². The van der Waals surface area contributed by atoms with Crippen molar-refractivity contribution in [3.05, 3.63) is 42.4 Å². The first-order valence-corrected chi connectivity index (χ1v) is 8.60. The second-order valence-corrected chi connectivity index (χ2v) is 6.44. The van der Waals surface area contributed by atoms with Crippen molar-refractivity contribution in [1.29, 1.82) is 0 Å². The molecule has 1 amide bonds. The molecule has 2 aromatic heterocycles. The SMILES string of the molecule is COc1ccc([C@H](NC(=O)CCCn2cccn2)C2CC(O)C2)cn1. The largest absolute Gasteiger partial charge is 0.481 e. The topological polar surface area (TPSA) is 89.3 Å². The number of aryl methyl sites for hydroxylation is 1. The van der Waals surface area contributed by atoms with Crippen molar-refractivity contribution in [2.75, 3.05) is 7.11 Å². The molecule has 7 nitrogen and oxygen atoms in total. The van der Waals surface area contributed by atoms with Crippen molar-refractivity contribution in [1.82, 2.24) is 20.1 Å². The Morgan fingerprint density at radius 3 is 2.92 bits per heavy atom. The highest BCUT2D eigenvalue weighted by atomic mass is 16.5. The molecule has 2 N–H and O–H groups in total. The van der Waals surface area contributed by atoms with E-state index >= 15 is 0 Å². The minimum absolute atomic E-state index is 0.00867. The summed E-state index contributed by atoms with van der Waals surface area (Å²) < 4.78 is 6.91. The molecular weight excluding hydrogens is 320 g/mol. The molecule has 1 fully saturated rings. The van der Waals surface area contributed by atoms with E-state index in [2.05, 4.69) is 15.4 Å². The van der Waals surface area contributed by atoms with E-state index in [1.54, 1.807) is 25.6 Å². The van der Waals surface area contributed by atoms with E-state index in [-0.39, 0.29) is 24.0 Å². The lowest BCUT2D eigenvalue weighted by molar-refractivity contribution is -0.123. The zero-order valence-electron chi connectivity index (χ0n) is 14.3. The van der Waals surface area contributed by atoms with Gasteiger partial charge in [0.1, 0.15) is 0 Å². The zero-order valence-corrected chi connectivity index (χ0v) is 14.3. The Kier molecular flexibility index (Phi) is 5.65. The van der Waals surface area contributed by atoms with Gasteiger partial charge in [-0.25, -0.2) is 4.98 Å². The Morgan fingerprint density at radius 2 is 2.32 bits per heavy atom. The van der Waals surface area contributed by atoms with Gasteiger partial charge in [-0.15, -0.1) is 0 Å². The molecule has 0 unspecified atom stereocenters. The molecule has 0 spiro atoms. The van der Waals surface area contributed by atoms with Gasteiger partial charge in [0.2, 0.25) is 11.8 Å². The lowest BCUT2D eigenvalue weighted by Gasteiger charge is -2.38. The minimum Gasteiger partial charge on any atom is -0.481 e. The molecule has 2 heterocycles. The normalized spacial score (nSPS) is 20.6. The first-order valence-electron chi connectivity index (χ1n) is 8.60. The number of ether oxygens (including phenoxy) is 1. The van der Waals surface area contributed by atoms with Crippen LogP contribution in [0.2, 0.25) is 0 Å². The Labute approximate surface area is 147 Å². The maximum atomic E-state index is 12.4. The summed E-state index contributed by atoms with van der Waals surface area (Å²) >= 11 is 0.